The van der Waals surface area contributed by atoms with Gasteiger partial charge >= 0.3 is 0 Å². The Morgan fingerprint density at radius 3 is 3.11 bits per heavy atom. The molecule has 0 radical (unpaired) electrons. The average molecular weight is 287 g/mol. The van der Waals surface area contributed by atoms with Crippen LogP contribution in [0, 0.1) is 0 Å². The van der Waals surface area contributed by atoms with Crippen LogP contribution in [0.2, 0.25) is 0 Å². The Hall–Kier alpha value is -0.170. The largest absolute Gasteiger partial charge is 0.380 e. The van der Waals surface area contributed by atoms with E-state index in [0.717, 1.165) is 42.8 Å². The molecule has 0 aliphatic carbocycles. The molecule has 0 aromatic carbocycles. The van der Waals surface area contributed by atoms with Gasteiger partial charge in [0, 0.05) is 19.1 Å². The van der Waals surface area contributed by atoms with Crippen LogP contribution in [0.15, 0.2) is 4.34 Å². The van der Waals surface area contributed by atoms with Crippen molar-refractivity contribution < 1.29 is 4.74 Å². The van der Waals surface area contributed by atoms with Crippen molar-refractivity contribution >= 4 is 23.3 Å². The lowest BCUT2D eigenvalue weighted by molar-refractivity contribution is 0.0833. The summed E-state index contributed by atoms with van der Waals surface area (Å²) in [6, 6.07) is 0.540. The van der Waals surface area contributed by atoms with Gasteiger partial charge in [-0.3, -0.25) is 0 Å². The maximum atomic E-state index is 5.59. The number of aromatic nitrogens is 2. The highest BCUT2D eigenvalue weighted by Gasteiger charge is 2.27. The van der Waals surface area contributed by atoms with Crippen LogP contribution >= 0.6 is 23.3 Å². The molecule has 1 aromatic heterocycles. The number of hydrogen-bond acceptors (Lipinski definition) is 6. The monoisotopic (exact) mass is 287 g/mol. The molecule has 0 bridgehead atoms. The maximum absolute atomic E-state index is 5.59. The van der Waals surface area contributed by atoms with Crippen LogP contribution in [0.1, 0.15) is 32.5 Å². The van der Waals surface area contributed by atoms with Gasteiger partial charge in [-0.15, -0.1) is 0 Å². The third-order valence-corrected chi connectivity index (χ3v) is 5.10. The van der Waals surface area contributed by atoms with Gasteiger partial charge in [-0.05, 0) is 30.9 Å². The van der Waals surface area contributed by atoms with Gasteiger partial charge in [0.2, 0.25) is 0 Å². The molecule has 2 unspecified atom stereocenters. The standard InChI is InChI=1S/C12H21N3OS2/c1-3-6-13-9-5-7-16-8-10(9)17-12-14-11(4-2)15-18-12/h9-10,13H,3-8H2,1-2H3. The quantitative estimate of drug-likeness (QED) is 0.870. The van der Waals surface area contributed by atoms with E-state index in [0.29, 0.717) is 11.3 Å². The van der Waals surface area contributed by atoms with Crippen molar-refractivity contribution in [1.82, 2.24) is 14.7 Å². The summed E-state index contributed by atoms with van der Waals surface area (Å²) in [4.78, 5) is 4.52. The summed E-state index contributed by atoms with van der Waals surface area (Å²) >= 11 is 3.33. The second-order valence-electron chi connectivity index (χ2n) is 4.41. The molecule has 102 valence electrons. The molecule has 1 aliphatic heterocycles. The summed E-state index contributed by atoms with van der Waals surface area (Å²) in [5.41, 5.74) is 0. The molecule has 0 amide bonds. The first-order valence-corrected chi connectivity index (χ1v) is 8.29. The molecule has 2 atom stereocenters. The fourth-order valence-electron chi connectivity index (χ4n) is 1.95. The van der Waals surface area contributed by atoms with Crippen LogP contribution < -0.4 is 5.32 Å². The predicted molar refractivity (Wildman–Crippen MR) is 76.4 cm³/mol. The van der Waals surface area contributed by atoms with E-state index in [-0.39, 0.29) is 0 Å². The molecular formula is C12H21N3OS2. The Morgan fingerprint density at radius 2 is 2.39 bits per heavy atom. The van der Waals surface area contributed by atoms with Crippen molar-refractivity contribution in [2.45, 2.75) is 48.7 Å². The molecule has 1 aromatic rings. The lowest BCUT2D eigenvalue weighted by Crippen LogP contribution is -2.45. The van der Waals surface area contributed by atoms with Gasteiger partial charge in [-0.25, -0.2) is 4.98 Å². The van der Waals surface area contributed by atoms with Gasteiger partial charge in [0.1, 0.15) is 5.82 Å². The van der Waals surface area contributed by atoms with Gasteiger partial charge in [-0.1, -0.05) is 25.6 Å². The number of ether oxygens (including phenoxy) is 1. The van der Waals surface area contributed by atoms with Crippen molar-refractivity contribution in [2.75, 3.05) is 19.8 Å². The number of rotatable bonds is 6. The second kappa shape index (κ2) is 7.43. The van der Waals surface area contributed by atoms with E-state index in [9.17, 15) is 0 Å². The normalized spacial score (nSPS) is 24.3. The van der Waals surface area contributed by atoms with E-state index in [2.05, 4.69) is 28.5 Å². The highest BCUT2D eigenvalue weighted by Crippen LogP contribution is 2.30. The van der Waals surface area contributed by atoms with Crippen LogP contribution in [0.5, 0.6) is 0 Å². The summed E-state index contributed by atoms with van der Waals surface area (Å²) in [6.07, 6.45) is 3.18. The molecule has 18 heavy (non-hydrogen) atoms. The molecule has 0 saturated carbocycles. The predicted octanol–water partition coefficient (Wildman–Crippen LogP) is 2.35. The molecule has 1 aliphatic rings. The third-order valence-electron chi connectivity index (χ3n) is 2.98. The van der Waals surface area contributed by atoms with Crippen molar-refractivity contribution in [3.8, 4) is 0 Å². The maximum Gasteiger partial charge on any atom is 0.170 e. The van der Waals surface area contributed by atoms with Gasteiger partial charge in [0.05, 0.1) is 11.9 Å². The summed E-state index contributed by atoms with van der Waals surface area (Å²) in [5.74, 6) is 0.956. The first kappa shape index (κ1) is 14.2. The number of nitrogens with zero attached hydrogens (tertiary/aromatic N) is 2. The number of aryl methyl sites for hydroxylation is 1. The Morgan fingerprint density at radius 1 is 1.50 bits per heavy atom. The zero-order valence-corrected chi connectivity index (χ0v) is 12.6. The SMILES string of the molecule is CCCNC1CCOCC1Sc1nc(CC)ns1. The highest BCUT2D eigenvalue weighted by atomic mass is 32.2. The fourth-order valence-corrected chi connectivity index (χ4v) is 4.08. The Labute approximate surface area is 117 Å². The van der Waals surface area contributed by atoms with Crippen LogP contribution in [-0.4, -0.2) is 40.4 Å². The third kappa shape index (κ3) is 3.91. The molecule has 2 rings (SSSR count). The van der Waals surface area contributed by atoms with E-state index in [1.54, 1.807) is 0 Å². The Balaban J connectivity index is 1.91. The molecule has 2 heterocycles. The zero-order valence-electron chi connectivity index (χ0n) is 11.0. The van der Waals surface area contributed by atoms with Crippen molar-refractivity contribution in [3.63, 3.8) is 0 Å². The molecular weight excluding hydrogens is 266 g/mol. The average Bonchev–Trinajstić information content (AvgIpc) is 2.85. The van der Waals surface area contributed by atoms with Crippen molar-refractivity contribution in [3.05, 3.63) is 5.82 Å². The van der Waals surface area contributed by atoms with Crippen LogP contribution in [0.25, 0.3) is 0 Å². The summed E-state index contributed by atoms with van der Waals surface area (Å²) in [6.45, 7) is 7.05. The Kier molecular flexibility index (Phi) is 5.88. The second-order valence-corrected chi connectivity index (χ2v) is 6.65. The minimum Gasteiger partial charge on any atom is -0.380 e. The number of nitrogens with one attached hydrogen (secondary N) is 1. The number of hydrogen-bond donors (Lipinski definition) is 1. The van der Waals surface area contributed by atoms with Gasteiger partial charge in [0.15, 0.2) is 4.34 Å². The van der Waals surface area contributed by atoms with Gasteiger partial charge in [0.25, 0.3) is 0 Å². The lowest BCUT2D eigenvalue weighted by Gasteiger charge is -2.31. The first-order chi connectivity index (χ1) is 8.83. The molecule has 1 fully saturated rings. The highest BCUT2D eigenvalue weighted by molar-refractivity contribution is 8.01. The minimum atomic E-state index is 0.461. The first-order valence-electron chi connectivity index (χ1n) is 6.63. The summed E-state index contributed by atoms with van der Waals surface area (Å²) in [5, 5.41) is 4.08. The minimum absolute atomic E-state index is 0.461. The number of thioether (sulfide) groups is 1. The molecule has 0 spiro atoms. The molecule has 6 heteroatoms. The van der Waals surface area contributed by atoms with Crippen molar-refractivity contribution in [2.24, 2.45) is 0 Å². The van der Waals surface area contributed by atoms with Gasteiger partial charge in [-0.2, -0.15) is 4.37 Å². The fraction of sp³-hybridized carbons (Fsp3) is 0.833. The smallest absolute Gasteiger partial charge is 0.170 e. The van der Waals surface area contributed by atoms with Gasteiger partial charge < -0.3 is 10.1 Å². The summed E-state index contributed by atoms with van der Waals surface area (Å²) in [7, 11) is 0. The molecule has 1 saturated heterocycles. The van der Waals surface area contributed by atoms with E-state index >= 15 is 0 Å². The van der Waals surface area contributed by atoms with Crippen LogP contribution in [-0.2, 0) is 11.2 Å². The zero-order chi connectivity index (χ0) is 12.8. The molecule has 1 N–H and O–H groups in total. The van der Waals surface area contributed by atoms with Crippen LogP contribution in [0.3, 0.4) is 0 Å². The van der Waals surface area contributed by atoms with E-state index < -0.39 is 0 Å². The molecule has 4 nitrogen and oxygen atoms in total. The van der Waals surface area contributed by atoms with Crippen LogP contribution in [0.4, 0.5) is 0 Å². The van der Waals surface area contributed by atoms with E-state index in [4.69, 9.17) is 4.74 Å². The topological polar surface area (TPSA) is 47.0 Å². The lowest BCUT2D eigenvalue weighted by atomic mass is 10.1. The van der Waals surface area contributed by atoms with E-state index in [1.165, 1.54) is 18.0 Å². The Bertz CT molecular complexity index is 359. The van der Waals surface area contributed by atoms with E-state index in [1.807, 2.05) is 11.8 Å². The summed E-state index contributed by atoms with van der Waals surface area (Å²) < 4.78 is 11.0. The van der Waals surface area contributed by atoms with Crippen molar-refractivity contribution in [1.29, 1.82) is 0 Å².